The monoisotopic (exact) mass is 446 g/mol. The van der Waals surface area contributed by atoms with Crippen LogP contribution >= 0.6 is 0 Å². The Bertz CT molecular complexity index is 1100. The Morgan fingerprint density at radius 3 is 2.79 bits per heavy atom. The molecule has 1 aliphatic rings. The van der Waals surface area contributed by atoms with Crippen LogP contribution in [0.15, 0.2) is 36.4 Å². The summed E-state index contributed by atoms with van der Waals surface area (Å²) in [5.74, 6) is 1.41. The third-order valence-corrected chi connectivity index (χ3v) is 6.68. The van der Waals surface area contributed by atoms with Crippen molar-refractivity contribution >= 4 is 5.91 Å². The van der Waals surface area contributed by atoms with Crippen LogP contribution in [0.1, 0.15) is 64.6 Å². The molecule has 0 unspecified atom stereocenters. The predicted octanol–water partition coefficient (Wildman–Crippen LogP) is 4.67. The van der Waals surface area contributed by atoms with E-state index in [1.165, 1.54) is 16.7 Å². The molecule has 3 heterocycles. The summed E-state index contributed by atoms with van der Waals surface area (Å²) in [6, 6.07) is 12.5. The molecule has 1 fully saturated rings. The van der Waals surface area contributed by atoms with E-state index in [0.717, 1.165) is 67.3 Å². The van der Waals surface area contributed by atoms with Gasteiger partial charge in [0.25, 0.3) is 0 Å². The number of aryl methyl sites for hydroxylation is 3. The van der Waals surface area contributed by atoms with Crippen LogP contribution in [0.4, 0.5) is 0 Å². The second-order valence-corrected chi connectivity index (χ2v) is 9.12. The largest absolute Gasteiger partial charge is 0.496 e. The van der Waals surface area contributed by atoms with Crippen LogP contribution in [0.3, 0.4) is 0 Å². The number of piperidine rings is 1. The van der Waals surface area contributed by atoms with Gasteiger partial charge in [0, 0.05) is 48.9 Å². The number of amides is 1. The van der Waals surface area contributed by atoms with Gasteiger partial charge in [-0.2, -0.15) is 5.10 Å². The fourth-order valence-corrected chi connectivity index (χ4v) is 4.93. The average Bonchev–Trinajstić information content (AvgIpc) is 3.14. The molecule has 6 heteroatoms. The van der Waals surface area contributed by atoms with Gasteiger partial charge in [0.05, 0.1) is 12.8 Å². The third-order valence-electron chi connectivity index (χ3n) is 6.68. The molecule has 1 aliphatic heterocycles. The van der Waals surface area contributed by atoms with E-state index in [-0.39, 0.29) is 11.8 Å². The summed E-state index contributed by atoms with van der Waals surface area (Å²) in [4.78, 5) is 19.9. The molecular formula is C27H34N4O2. The van der Waals surface area contributed by atoms with Crippen molar-refractivity contribution in [1.29, 1.82) is 0 Å². The molecule has 0 radical (unpaired) electrons. The fourth-order valence-electron chi connectivity index (χ4n) is 4.93. The van der Waals surface area contributed by atoms with E-state index in [0.29, 0.717) is 6.42 Å². The van der Waals surface area contributed by atoms with Crippen molar-refractivity contribution < 1.29 is 9.53 Å². The van der Waals surface area contributed by atoms with Crippen LogP contribution in [-0.2, 0) is 17.6 Å². The van der Waals surface area contributed by atoms with E-state index < -0.39 is 0 Å². The van der Waals surface area contributed by atoms with Gasteiger partial charge in [-0.1, -0.05) is 18.2 Å². The van der Waals surface area contributed by atoms with E-state index >= 15 is 0 Å². The molecule has 1 amide bonds. The van der Waals surface area contributed by atoms with Gasteiger partial charge in [-0.25, -0.2) is 0 Å². The third kappa shape index (κ3) is 5.44. The number of para-hydroxylation sites is 1. The second-order valence-electron chi connectivity index (χ2n) is 9.12. The normalized spacial score (nSPS) is 16.1. The number of aromatic nitrogens is 3. The van der Waals surface area contributed by atoms with Gasteiger partial charge >= 0.3 is 0 Å². The van der Waals surface area contributed by atoms with Crippen molar-refractivity contribution in [1.82, 2.24) is 20.1 Å². The van der Waals surface area contributed by atoms with Crippen LogP contribution in [0.2, 0.25) is 0 Å². The molecule has 1 aromatic carbocycles. The Morgan fingerprint density at radius 1 is 1.21 bits per heavy atom. The number of aromatic amines is 1. The highest BCUT2D eigenvalue weighted by Crippen LogP contribution is 2.29. The highest BCUT2D eigenvalue weighted by atomic mass is 16.5. The molecule has 2 aromatic heterocycles. The number of nitrogens with zero attached hydrogens (tertiary/aromatic N) is 3. The van der Waals surface area contributed by atoms with Gasteiger partial charge in [-0.15, -0.1) is 0 Å². The molecule has 0 spiro atoms. The molecule has 1 atom stereocenters. The van der Waals surface area contributed by atoms with Gasteiger partial charge in [-0.05, 0) is 74.9 Å². The van der Waals surface area contributed by atoms with E-state index in [2.05, 4.69) is 35.3 Å². The van der Waals surface area contributed by atoms with Gasteiger partial charge in [0.15, 0.2) is 0 Å². The maximum absolute atomic E-state index is 13.0. The Balaban J connectivity index is 1.44. The number of pyridine rings is 1. The summed E-state index contributed by atoms with van der Waals surface area (Å²) >= 11 is 0. The lowest BCUT2D eigenvalue weighted by Crippen LogP contribution is -2.39. The van der Waals surface area contributed by atoms with E-state index in [1.807, 2.05) is 36.9 Å². The summed E-state index contributed by atoms with van der Waals surface area (Å²) in [6.45, 7) is 7.64. The number of nitrogens with one attached hydrogen (secondary N) is 1. The first-order valence-corrected chi connectivity index (χ1v) is 11.8. The van der Waals surface area contributed by atoms with Crippen molar-refractivity contribution in [3.05, 3.63) is 75.9 Å². The number of hydrogen-bond donors (Lipinski definition) is 1. The van der Waals surface area contributed by atoms with E-state index in [4.69, 9.17) is 9.72 Å². The molecule has 6 nitrogen and oxygen atoms in total. The van der Waals surface area contributed by atoms with E-state index in [1.54, 1.807) is 7.11 Å². The summed E-state index contributed by atoms with van der Waals surface area (Å²) in [5, 5.41) is 7.26. The van der Waals surface area contributed by atoms with Crippen LogP contribution in [0.25, 0.3) is 0 Å². The Kier molecular flexibility index (Phi) is 7.11. The summed E-state index contributed by atoms with van der Waals surface area (Å²) < 4.78 is 5.53. The standard InChI is InChI=1S/C27H34N4O2/c1-18-14-21(15-22-8-5-6-10-26(22)33-4)16-25(28-18)23-9-7-13-31(17-23)27(32)12-11-24-19(2)29-30-20(24)3/h5-6,8,10,14,16,23H,7,9,11-13,15,17H2,1-4H3,(H,29,30)/t23-/m0/s1. The van der Waals surface area contributed by atoms with Gasteiger partial charge in [0.2, 0.25) is 5.91 Å². The maximum atomic E-state index is 13.0. The zero-order chi connectivity index (χ0) is 23.4. The number of carbonyl (C=O) groups excluding carboxylic acids is 1. The highest BCUT2D eigenvalue weighted by Gasteiger charge is 2.26. The Hall–Kier alpha value is -3.15. The maximum Gasteiger partial charge on any atom is 0.222 e. The molecule has 3 aromatic rings. The van der Waals surface area contributed by atoms with Crippen LogP contribution < -0.4 is 4.74 Å². The van der Waals surface area contributed by atoms with E-state index in [9.17, 15) is 4.79 Å². The van der Waals surface area contributed by atoms with Crippen molar-refractivity contribution in [3.63, 3.8) is 0 Å². The molecule has 0 saturated carbocycles. The zero-order valence-corrected chi connectivity index (χ0v) is 20.1. The number of ether oxygens (including phenoxy) is 1. The lowest BCUT2D eigenvalue weighted by atomic mass is 9.92. The van der Waals surface area contributed by atoms with Crippen LogP contribution in [0, 0.1) is 20.8 Å². The summed E-state index contributed by atoms with van der Waals surface area (Å²) in [5.41, 5.74) is 7.73. The first kappa shape index (κ1) is 23.0. The zero-order valence-electron chi connectivity index (χ0n) is 20.1. The van der Waals surface area contributed by atoms with Gasteiger partial charge < -0.3 is 9.64 Å². The van der Waals surface area contributed by atoms with Crippen LogP contribution in [0.5, 0.6) is 5.75 Å². The smallest absolute Gasteiger partial charge is 0.222 e. The molecule has 1 saturated heterocycles. The van der Waals surface area contributed by atoms with Crippen LogP contribution in [-0.4, -0.2) is 46.2 Å². The molecule has 1 N–H and O–H groups in total. The number of hydrogen-bond acceptors (Lipinski definition) is 4. The molecule has 0 aliphatic carbocycles. The lowest BCUT2D eigenvalue weighted by Gasteiger charge is -2.33. The molecule has 174 valence electrons. The number of benzene rings is 1. The lowest BCUT2D eigenvalue weighted by molar-refractivity contribution is -0.132. The average molecular weight is 447 g/mol. The minimum absolute atomic E-state index is 0.224. The molecule has 0 bridgehead atoms. The predicted molar refractivity (Wildman–Crippen MR) is 130 cm³/mol. The summed E-state index contributed by atoms with van der Waals surface area (Å²) in [7, 11) is 1.71. The van der Waals surface area contributed by atoms with Crippen molar-refractivity contribution in [2.24, 2.45) is 0 Å². The molecule has 4 rings (SSSR count). The Morgan fingerprint density at radius 2 is 2.03 bits per heavy atom. The van der Waals surface area contributed by atoms with Crippen molar-refractivity contribution in [2.45, 2.75) is 58.8 Å². The minimum Gasteiger partial charge on any atom is -0.496 e. The first-order valence-electron chi connectivity index (χ1n) is 11.8. The first-order chi connectivity index (χ1) is 15.9. The number of H-pyrrole nitrogens is 1. The van der Waals surface area contributed by atoms with Crippen molar-refractivity contribution in [2.75, 3.05) is 20.2 Å². The van der Waals surface area contributed by atoms with Gasteiger partial charge in [-0.3, -0.25) is 14.9 Å². The highest BCUT2D eigenvalue weighted by molar-refractivity contribution is 5.76. The second kappa shape index (κ2) is 10.2. The topological polar surface area (TPSA) is 71.1 Å². The molecular weight excluding hydrogens is 412 g/mol. The quantitative estimate of drug-likeness (QED) is 0.573. The SMILES string of the molecule is COc1ccccc1Cc1cc(C)nc([C@H]2CCCN(C(=O)CCc3c(C)n[nH]c3C)C2)c1. The number of methoxy groups -OCH3 is 1. The number of rotatable bonds is 7. The number of likely N-dealkylation sites (tertiary alicyclic amines) is 1. The minimum atomic E-state index is 0.224. The fraction of sp³-hybridized carbons (Fsp3) is 0.444. The van der Waals surface area contributed by atoms with Crippen molar-refractivity contribution in [3.8, 4) is 5.75 Å². The van der Waals surface area contributed by atoms with Gasteiger partial charge in [0.1, 0.15) is 5.75 Å². The number of carbonyl (C=O) groups is 1. The Labute approximate surface area is 196 Å². The summed E-state index contributed by atoms with van der Waals surface area (Å²) in [6.07, 6.45) is 4.14. The molecule has 33 heavy (non-hydrogen) atoms.